The lowest BCUT2D eigenvalue weighted by molar-refractivity contribution is -0.117. The van der Waals surface area contributed by atoms with Crippen LogP contribution in [0.3, 0.4) is 0 Å². The molecule has 1 fully saturated rings. The van der Waals surface area contributed by atoms with Crippen LogP contribution in [0.4, 0.5) is 5.82 Å². The molecule has 0 saturated heterocycles. The molecule has 27 heavy (non-hydrogen) atoms. The van der Waals surface area contributed by atoms with Crippen molar-refractivity contribution in [2.24, 2.45) is 0 Å². The molecule has 10 heteroatoms. The second-order valence-electron chi connectivity index (χ2n) is 6.62. The minimum Gasteiger partial charge on any atom is -0.360 e. The van der Waals surface area contributed by atoms with Crippen molar-refractivity contribution in [1.82, 2.24) is 24.3 Å². The third kappa shape index (κ3) is 3.90. The van der Waals surface area contributed by atoms with Crippen molar-refractivity contribution < 1.29 is 9.32 Å². The molecule has 1 amide bonds. The summed E-state index contributed by atoms with van der Waals surface area (Å²) in [6.07, 6.45) is 9.21. The van der Waals surface area contributed by atoms with Gasteiger partial charge in [0.25, 0.3) is 0 Å². The molecule has 4 rings (SSSR count). The van der Waals surface area contributed by atoms with Gasteiger partial charge >= 0.3 is 5.69 Å². The zero-order valence-corrected chi connectivity index (χ0v) is 15.7. The Balaban J connectivity index is 1.54. The maximum absolute atomic E-state index is 12.6. The van der Waals surface area contributed by atoms with Crippen LogP contribution >= 0.6 is 11.8 Å². The number of thioether (sulfide) groups is 1. The number of anilines is 1. The number of aromatic nitrogens is 5. The van der Waals surface area contributed by atoms with Gasteiger partial charge in [-0.2, -0.15) is 0 Å². The van der Waals surface area contributed by atoms with Crippen LogP contribution in [-0.2, 0) is 11.3 Å². The van der Waals surface area contributed by atoms with E-state index in [0.29, 0.717) is 22.5 Å². The summed E-state index contributed by atoms with van der Waals surface area (Å²) in [7, 11) is 0. The van der Waals surface area contributed by atoms with Gasteiger partial charge in [0.05, 0.1) is 0 Å². The van der Waals surface area contributed by atoms with Gasteiger partial charge < -0.3 is 9.84 Å². The number of carbonyl (C=O) groups is 1. The van der Waals surface area contributed by atoms with E-state index in [9.17, 15) is 9.59 Å². The Morgan fingerprint density at radius 2 is 2.19 bits per heavy atom. The molecule has 0 bridgehead atoms. The summed E-state index contributed by atoms with van der Waals surface area (Å²) in [6, 6.07) is 1.60. The SMILES string of the molecule is Cc1cc(NC(=O)Cn2nc3c(SC4CCCCC4)nccn3c2=O)no1. The summed E-state index contributed by atoms with van der Waals surface area (Å²) >= 11 is 1.67. The molecule has 3 aromatic heterocycles. The molecule has 142 valence electrons. The average Bonchev–Trinajstić information content (AvgIpc) is 3.20. The summed E-state index contributed by atoms with van der Waals surface area (Å²) in [5, 5.41) is 11.9. The van der Waals surface area contributed by atoms with Gasteiger partial charge in [-0.15, -0.1) is 5.10 Å². The van der Waals surface area contributed by atoms with E-state index < -0.39 is 5.91 Å². The lowest BCUT2D eigenvalue weighted by Crippen LogP contribution is -2.28. The lowest BCUT2D eigenvalue weighted by atomic mass is 10.0. The largest absolute Gasteiger partial charge is 0.360 e. The van der Waals surface area contributed by atoms with Crippen LogP contribution in [0.1, 0.15) is 37.9 Å². The van der Waals surface area contributed by atoms with Crippen LogP contribution in [0.2, 0.25) is 0 Å². The van der Waals surface area contributed by atoms with Gasteiger partial charge in [-0.05, 0) is 19.8 Å². The van der Waals surface area contributed by atoms with Gasteiger partial charge in [-0.25, -0.2) is 18.9 Å². The third-order valence-electron chi connectivity index (χ3n) is 4.49. The maximum Gasteiger partial charge on any atom is 0.350 e. The molecule has 0 atom stereocenters. The van der Waals surface area contributed by atoms with Gasteiger partial charge in [0.15, 0.2) is 11.5 Å². The van der Waals surface area contributed by atoms with E-state index in [1.807, 2.05) is 0 Å². The third-order valence-corrected chi connectivity index (χ3v) is 5.80. The van der Waals surface area contributed by atoms with Crippen LogP contribution < -0.4 is 11.0 Å². The van der Waals surface area contributed by atoms with Crippen LogP contribution in [0.5, 0.6) is 0 Å². The number of carbonyl (C=O) groups excluding carboxylic acids is 1. The highest BCUT2D eigenvalue weighted by Crippen LogP contribution is 2.33. The fraction of sp³-hybridized carbons (Fsp3) is 0.471. The van der Waals surface area contributed by atoms with E-state index in [1.165, 1.54) is 23.7 Å². The van der Waals surface area contributed by atoms with Crippen molar-refractivity contribution in [2.45, 2.75) is 55.8 Å². The first-order valence-corrected chi connectivity index (χ1v) is 9.82. The standard InChI is InChI=1S/C17H20N6O3S/c1-11-9-13(21-26-11)19-14(24)10-23-17(25)22-8-7-18-16(15(22)20-23)27-12-5-3-2-4-6-12/h7-9,12H,2-6,10H2,1H3,(H,19,21,24). The molecule has 0 spiro atoms. The number of fused-ring (bicyclic) bond motifs is 1. The summed E-state index contributed by atoms with van der Waals surface area (Å²) in [5.74, 6) is 0.499. The second kappa shape index (κ2) is 7.55. The molecular weight excluding hydrogens is 368 g/mol. The molecular formula is C17H20N6O3S. The molecule has 1 aliphatic rings. The molecule has 3 heterocycles. The fourth-order valence-electron chi connectivity index (χ4n) is 3.20. The van der Waals surface area contributed by atoms with Gasteiger partial charge in [0.2, 0.25) is 5.91 Å². The molecule has 0 radical (unpaired) electrons. The molecule has 3 aromatic rings. The first-order chi connectivity index (χ1) is 13.1. The number of nitrogens with one attached hydrogen (secondary N) is 1. The van der Waals surface area contributed by atoms with Crippen molar-refractivity contribution in [3.8, 4) is 0 Å². The average molecular weight is 388 g/mol. The van der Waals surface area contributed by atoms with Gasteiger partial charge in [0.1, 0.15) is 17.3 Å². The molecule has 0 unspecified atom stereocenters. The second-order valence-corrected chi connectivity index (χ2v) is 7.90. The minimum atomic E-state index is -0.400. The Kier molecular flexibility index (Phi) is 4.97. The lowest BCUT2D eigenvalue weighted by Gasteiger charge is -2.20. The van der Waals surface area contributed by atoms with Crippen molar-refractivity contribution in [3.63, 3.8) is 0 Å². The quantitative estimate of drug-likeness (QED) is 0.714. The molecule has 0 aromatic carbocycles. The fourth-order valence-corrected chi connectivity index (χ4v) is 4.45. The highest BCUT2D eigenvalue weighted by atomic mass is 32.2. The van der Waals surface area contributed by atoms with Gasteiger partial charge in [0, 0.05) is 23.7 Å². The summed E-state index contributed by atoms with van der Waals surface area (Å²) in [5.41, 5.74) is 0.118. The van der Waals surface area contributed by atoms with Crippen LogP contribution in [0, 0.1) is 6.92 Å². The maximum atomic E-state index is 12.6. The normalized spacial score (nSPS) is 15.3. The number of nitrogens with zero attached hydrogens (tertiary/aromatic N) is 5. The zero-order valence-electron chi connectivity index (χ0n) is 14.9. The predicted molar refractivity (Wildman–Crippen MR) is 99.8 cm³/mol. The van der Waals surface area contributed by atoms with Crippen molar-refractivity contribution in [1.29, 1.82) is 0 Å². The Morgan fingerprint density at radius 3 is 2.93 bits per heavy atom. The number of hydrogen-bond donors (Lipinski definition) is 1. The van der Waals surface area contributed by atoms with E-state index >= 15 is 0 Å². The molecule has 1 aliphatic carbocycles. The van der Waals surface area contributed by atoms with E-state index in [1.54, 1.807) is 37.1 Å². The number of hydrogen-bond acceptors (Lipinski definition) is 7. The topological polar surface area (TPSA) is 107 Å². The van der Waals surface area contributed by atoms with Crippen LogP contribution in [-0.4, -0.2) is 35.5 Å². The number of aryl methyl sites for hydroxylation is 1. The molecule has 1 N–H and O–H groups in total. The highest BCUT2D eigenvalue weighted by Gasteiger charge is 2.20. The first-order valence-electron chi connectivity index (χ1n) is 8.94. The highest BCUT2D eigenvalue weighted by molar-refractivity contribution is 8.00. The van der Waals surface area contributed by atoms with Gasteiger partial charge in [-0.1, -0.05) is 36.2 Å². The zero-order chi connectivity index (χ0) is 18.8. The van der Waals surface area contributed by atoms with E-state index in [-0.39, 0.29) is 12.2 Å². The summed E-state index contributed by atoms with van der Waals surface area (Å²) in [6.45, 7) is 1.52. The van der Waals surface area contributed by atoms with E-state index in [4.69, 9.17) is 4.52 Å². The Bertz CT molecular complexity index is 1020. The predicted octanol–water partition coefficient (Wildman–Crippen LogP) is 2.25. The van der Waals surface area contributed by atoms with Gasteiger partial charge in [-0.3, -0.25) is 4.79 Å². The monoisotopic (exact) mass is 388 g/mol. The number of rotatable bonds is 5. The van der Waals surface area contributed by atoms with E-state index in [0.717, 1.165) is 22.5 Å². The summed E-state index contributed by atoms with van der Waals surface area (Å²) in [4.78, 5) is 29.2. The summed E-state index contributed by atoms with van der Waals surface area (Å²) < 4.78 is 7.49. The first kappa shape index (κ1) is 17.8. The van der Waals surface area contributed by atoms with Crippen molar-refractivity contribution in [3.05, 3.63) is 34.7 Å². The van der Waals surface area contributed by atoms with E-state index in [2.05, 4.69) is 20.6 Å². The Hall–Kier alpha value is -2.62. The molecule has 0 aliphatic heterocycles. The smallest absolute Gasteiger partial charge is 0.350 e. The minimum absolute atomic E-state index is 0.208. The van der Waals surface area contributed by atoms with Crippen LogP contribution in [0.15, 0.2) is 32.8 Å². The van der Waals surface area contributed by atoms with Crippen molar-refractivity contribution >= 4 is 29.1 Å². The molecule has 1 saturated carbocycles. The Labute approximate surface area is 159 Å². The van der Waals surface area contributed by atoms with Crippen LogP contribution in [0.25, 0.3) is 5.65 Å². The number of amides is 1. The molecule has 9 nitrogen and oxygen atoms in total. The Morgan fingerprint density at radius 1 is 1.37 bits per heavy atom. The van der Waals surface area contributed by atoms with Crippen molar-refractivity contribution in [2.75, 3.05) is 5.32 Å².